The summed E-state index contributed by atoms with van der Waals surface area (Å²) in [5.41, 5.74) is 0.419. The number of thiophene rings is 1. The third-order valence-electron chi connectivity index (χ3n) is 6.24. The van der Waals surface area contributed by atoms with Crippen LogP contribution in [-0.2, 0) is 17.8 Å². The van der Waals surface area contributed by atoms with Gasteiger partial charge in [-0.15, -0.1) is 11.3 Å². The lowest BCUT2D eigenvalue weighted by Crippen LogP contribution is -2.44. The Morgan fingerprint density at radius 2 is 2.04 bits per heavy atom. The lowest BCUT2D eigenvalue weighted by molar-refractivity contribution is 0.0331. The molecule has 2 fully saturated rings. The minimum atomic E-state index is 0.419. The van der Waals surface area contributed by atoms with Crippen LogP contribution < -0.4 is 0 Å². The number of hydrogen-bond donors (Lipinski definition) is 0. The summed E-state index contributed by atoms with van der Waals surface area (Å²) < 4.78 is 11.4. The maximum atomic E-state index is 5.77. The van der Waals surface area contributed by atoms with E-state index in [0.717, 1.165) is 44.3 Å². The second-order valence-corrected chi connectivity index (χ2v) is 9.08. The first-order valence-corrected chi connectivity index (χ1v) is 10.6. The van der Waals surface area contributed by atoms with E-state index in [9.17, 15) is 0 Å². The first-order valence-electron chi connectivity index (χ1n) is 9.68. The standard InChI is InChI=1S/C21H30N2O2S/c1-17-5-6-19(25-17)13-22-9-7-21(8-10-22)16-23(12-18(21)15-24-2)14-20-4-3-11-26-20/h3-6,11,18H,7-10,12-16H2,1-2H3. The molecule has 2 aliphatic rings. The molecule has 4 heterocycles. The van der Waals surface area contributed by atoms with E-state index in [1.807, 2.05) is 25.4 Å². The molecule has 0 bridgehead atoms. The molecule has 1 unspecified atom stereocenters. The zero-order valence-corrected chi connectivity index (χ0v) is 16.8. The van der Waals surface area contributed by atoms with E-state index in [1.54, 1.807) is 0 Å². The van der Waals surface area contributed by atoms with Crippen LogP contribution in [0, 0.1) is 18.3 Å². The monoisotopic (exact) mass is 374 g/mol. The third kappa shape index (κ3) is 3.91. The van der Waals surface area contributed by atoms with Crippen molar-refractivity contribution >= 4 is 11.3 Å². The van der Waals surface area contributed by atoms with E-state index in [4.69, 9.17) is 9.15 Å². The summed E-state index contributed by atoms with van der Waals surface area (Å²) >= 11 is 1.87. The van der Waals surface area contributed by atoms with Crippen LogP contribution in [-0.4, -0.2) is 49.7 Å². The molecule has 0 aromatic carbocycles. The number of rotatable bonds is 6. The number of piperidine rings is 1. The second kappa shape index (κ2) is 7.85. The van der Waals surface area contributed by atoms with E-state index >= 15 is 0 Å². The fourth-order valence-electron chi connectivity index (χ4n) is 4.83. The van der Waals surface area contributed by atoms with Gasteiger partial charge in [0.2, 0.25) is 0 Å². The molecular formula is C21H30N2O2S. The van der Waals surface area contributed by atoms with Crippen LogP contribution in [0.3, 0.4) is 0 Å². The average Bonchev–Trinajstić information content (AvgIpc) is 3.34. The predicted molar refractivity (Wildman–Crippen MR) is 105 cm³/mol. The quantitative estimate of drug-likeness (QED) is 0.764. The third-order valence-corrected chi connectivity index (χ3v) is 7.10. The fraction of sp³-hybridized carbons (Fsp3) is 0.619. The number of nitrogens with zero attached hydrogens (tertiary/aromatic N) is 2. The predicted octanol–water partition coefficient (Wildman–Crippen LogP) is 4.01. The Hall–Kier alpha value is -1.14. The summed E-state index contributed by atoms with van der Waals surface area (Å²) in [5, 5.41) is 2.18. The Balaban J connectivity index is 1.38. The molecule has 1 atom stereocenters. The van der Waals surface area contributed by atoms with Crippen molar-refractivity contribution < 1.29 is 9.15 Å². The van der Waals surface area contributed by atoms with Gasteiger partial charge in [-0.2, -0.15) is 0 Å². The Labute approximate surface area is 160 Å². The van der Waals surface area contributed by atoms with Crippen LogP contribution in [0.25, 0.3) is 0 Å². The summed E-state index contributed by atoms with van der Waals surface area (Å²) in [6.45, 7) is 9.64. The Morgan fingerprint density at radius 3 is 2.69 bits per heavy atom. The van der Waals surface area contributed by atoms with Crippen molar-refractivity contribution in [3.63, 3.8) is 0 Å². The van der Waals surface area contributed by atoms with Crippen molar-refractivity contribution in [2.75, 3.05) is 39.9 Å². The summed E-state index contributed by atoms with van der Waals surface area (Å²) in [6.07, 6.45) is 2.53. The smallest absolute Gasteiger partial charge is 0.118 e. The number of ether oxygens (including phenoxy) is 1. The summed E-state index contributed by atoms with van der Waals surface area (Å²) in [7, 11) is 1.85. The van der Waals surface area contributed by atoms with Crippen LogP contribution >= 0.6 is 11.3 Å². The zero-order chi connectivity index (χ0) is 18.0. The average molecular weight is 375 g/mol. The normalized spacial score (nSPS) is 23.8. The molecule has 0 N–H and O–H groups in total. The molecule has 4 rings (SSSR count). The lowest BCUT2D eigenvalue weighted by atomic mass is 9.71. The van der Waals surface area contributed by atoms with Gasteiger partial charge in [0, 0.05) is 37.5 Å². The molecule has 0 radical (unpaired) electrons. The molecule has 0 saturated carbocycles. The molecule has 0 aliphatic carbocycles. The highest BCUT2D eigenvalue weighted by atomic mass is 32.1. The first-order chi connectivity index (χ1) is 12.7. The summed E-state index contributed by atoms with van der Waals surface area (Å²) in [6, 6.07) is 8.60. The maximum Gasteiger partial charge on any atom is 0.118 e. The van der Waals surface area contributed by atoms with E-state index in [0.29, 0.717) is 11.3 Å². The number of hydrogen-bond acceptors (Lipinski definition) is 5. The molecule has 0 amide bonds. The van der Waals surface area contributed by atoms with Crippen LogP contribution in [0.15, 0.2) is 34.1 Å². The molecule has 26 heavy (non-hydrogen) atoms. The van der Waals surface area contributed by atoms with Gasteiger partial charge in [0.15, 0.2) is 0 Å². The van der Waals surface area contributed by atoms with Crippen LogP contribution in [0.1, 0.15) is 29.2 Å². The SMILES string of the molecule is COCC1CN(Cc2cccs2)CC12CCN(Cc1ccc(C)o1)CC2. The van der Waals surface area contributed by atoms with Crippen LogP contribution in [0.2, 0.25) is 0 Å². The second-order valence-electron chi connectivity index (χ2n) is 8.05. The van der Waals surface area contributed by atoms with Gasteiger partial charge in [-0.25, -0.2) is 0 Å². The van der Waals surface area contributed by atoms with Gasteiger partial charge in [0.25, 0.3) is 0 Å². The molecule has 5 heteroatoms. The van der Waals surface area contributed by atoms with E-state index in [2.05, 4.69) is 39.4 Å². The number of methoxy groups -OCH3 is 1. The molecule has 2 aromatic rings. The lowest BCUT2D eigenvalue weighted by Gasteiger charge is -2.42. The van der Waals surface area contributed by atoms with E-state index in [-0.39, 0.29) is 0 Å². The minimum absolute atomic E-state index is 0.419. The molecule has 2 aliphatic heterocycles. The van der Waals surface area contributed by atoms with Gasteiger partial charge in [-0.1, -0.05) is 6.07 Å². The van der Waals surface area contributed by atoms with E-state index < -0.39 is 0 Å². The number of aryl methyl sites for hydroxylation is 1. The van der Waals surface area contributed by atoms with Gasteiger partial charge >= 0.3 is 0 Å². The maximum absolute atomic E-state index is 5.77. The molecule has 4 nitrogen and oxygen atoms in total. The topological polar surface area (TPSA) is 28.9 Å². The van der Waals surface area contributed by atoms with Gasteiger partial charge in [0.05, 0.1) is 13.2 Å². The zero-order valence-electron chi connectivity index (χ0n) is 15.9. The number of furan rings is 1. The van der Waals surface area contributed by atoms with Gasteiger partial charge < -0.3 is 9.15 Å². The largest absolute Gasteiger partial charge is 0.465 e. The Morgan fingerprint density at radius 1 is 1.19 bits per heavy atom. The van der Waals surface area contributed by atoms with Crippen molar-refractivity contribution in [1.82, 2.24) is 9.80 Å². The van der Waals surface area contributed by atoms with Gasteiger partial charge in [0.1, 0.15) is 11.5 Å². The van der Waals surface area contributed by atoms with Crippen LogP contribution in [0.4, 0.5) is 0 Å². The van der Waals surface area contributed by atoms with E-state index in [1.165, 1.54) is 30.8 Å². The Bertz CT molecular complexity index is 689. The summed E-state index contributed by atoms with van der Waals surface area (Å²) in [4.78, 5) is 6.68. The highest BCUT2D eigenvalue weighted by Gasteiger charge is 2.47. The first kappa shape index (κ1) is 18.2. The molecule has 2 saturated heterocycles. The molecule has 2 aromatic heterocycles. The van der Waals surface area contributed by atoms with Crippen molar-refractivity contribution in [3.05, 3.63) is 46.0 Å². The fourth-order valence-corrected chi connectivity index (χ4v) is 5.58. The molecule has 1 spiro atoms. The van der Waals surface area contributed by atoms with Crippen LogP contribution in [0.5, 0.6) is 0 Å². The molecule has 142 valence electrons. The van der Waals surface area contributed by atoms with Gasteiger partial charge in [-0.05, 0) is 61.8 Å². The van der Waals surface area contributed by atoms with Crippen molar-refractivity contribution in [3.8, 4) is 0 Å². The minimum Gasteiger partial charge on any atom is -0.465 e. The van der Waals surface area contributed by atoms with Gasteiger partial charge in [-0.3, -0.25) is 9.80 Å². The Kier molecular flexibility index (Phi) is 5.50. The highest BCUT2D eigenvalue weighted by Crippen LogP contribution is 2.45. The molecular weight excluding hydrogens is 344 g/mol. The van der Waals surface area contributed by atoms with Crippen molar-refractivity contribution in [2.45, 2.75) is 32.9 Å². The van der Waals surface area contributed by atoms with Crippen molar-refractivity contribution in [1.29, 1.82) is 0 Å². The summed E-state index contributed by atoms with van der Waals surface area (Å²) in [5.74, 6) is 2.76. The highest BCUT2D eigenvalue weighted by molar-refractivity contribution is 7.09. The van der Waals surface area contributed by atoms with Crippen molar-refractivity contribution in [2.24, 2.45) is 11.3 Å². The number of likely N-dealkylation sites (tertiary alicyclic amines) is 2.